The molecule has 156 valence electrons. The molecule has 0 spiro atoms. The molecule has 0 radical (unpaired) electrons. The van der Waals surface area contributed by atoms with Crippen molar-refractivity contribution in [3.05, 3.63) is 53.6 Å². The summed E-state index contributed by atoms with van der Waals surface area (Å²) in [6.45, 7) is 9.18. The maximum Gasteiger partial charge on any atom is 0.338 e. The fourth-order valence-corrected chi connectivity index (χ4v) is 3.01. The number of nitrogens with zero attached hydrogens (tertiary/aromatic N) is 1. The lowest BCUT2D eigenvalue weighted by molar-refractivity contribution is 0.0466. The van der Waals surface area contributed by atoms with Crippen LogP contribution in [-0.2, 0) is 4.74 Å². The summed E-state index contributed by atoms with van der Waals surface area (Å²) in [6.07, 6.45) is 0. The zero-order valence-corrected chi connectivity index (χ0v) is 18.3. The molecule has 7 heteroatoms. The topological polar surface area (TPSA) is 62.8 Å². The number of carbonyl (C=O) groups excluding carboxylic acids is 1. The van der Waals surface area contributed by atoms with Gasteiger partial charge in [0.05, 0.1) is 18.4 Å². The highest BCUT2D eigenvalue weighted by atomic mass is 32.1. The summed E-state index contributed by atoms with van der Waals surface area (Å²) in [7, 11) is 1.62. The minimum Gasteiger partial charge on any atom is -0.495 e. The van der Waals surface area contributed by atoms with E-state index in [0.29, 0.717) is 23.0 Å². The van der Waals surface area contributed by atoms with E-state index in [-0.39, 0.29) is 5.97 Å². The van der Waals surface area contributed by atoms with Gasteiger partial charge in [-0.3, -0.25) is 0 Å². The lowest BCUT2D eigenvalue weighted by atomic mass is 10.2. The van der Waals surface area contributed by atoms with Crippen LogP contribution in [0.15, 0.2) is 42.5 Å². The molecular weight excluding hydrogens is 386 g/mol. The first-order chi connectivity index (χ1) is 14.0. The zero-order chi connectivity index (χ0) is 21.2. The first kappa shape index (κ1) is 22.6. The number of nitrogens with one attached hydrogen (secondary N) is 2. The fraction of sp³-hybridized carbons (Fsp3) is 0.364. The Morgan fingerprint density at radius 1 is 1.07 bits per heavy atom. The minimum absolute atomic E-state index is 0.325. The average Bonchev–Trinajstić information content (AvgIpc) is 2.71. The van der Waals surface area contributed by atoms with Gasteiger partial charge in [0.1, 0.15) is 12.4 Å². The van der Waals surface area contributed by atoms with Gasteiger partial charge in [-0.1, -0.05) is 19.9 Å². The van der Waals surface area contributed by atoms with Crippen LogP contribution in [0.2, 0.25) is 0 Å². The molecular formula is C22H29N3O3S. The van der Waals surface area contributed by atoms with Gasteiger partial charge in [-0.05, 0) is 74.2 Å². The van der Waals surface area contributed by atoms with E-state index in [0.717, 1.165) is 36.6 Å². The second-order valence-corrected chi connectivity index (χ2v) is 6.93. The van der Waals surface area contributed by atoms with Gasteiger partial charge in [0.15, 0.2) is 5.11 Å². The number of methoxy groups -OCH3 is 1. The third kappa shape index (κ3) is 7.03. The first-order valence-corrected chi connectivity index (χ1v) is 10.1. The van der Waals surface area contributed by atoms with Crippen molar-refractivity contribution >= 4 is 34.7 Å². The molecule has 0 aliphatic rings. The van der Waals surface area contributed by atoms with Crippen molar-refractivity contribution in [2.24, 2.45) is 0 Å². The van der Waals surface area contributed by atoms with Crippen molar-refractivity contribution in [2.45, 2.75) is 20.8 Å². The van der Waals surface area contributed by atoms with Crippen LogP contribution in [-0.4, -0.2) is 49.3 Å². The Morgan fingerprint density at radius 2 is 1.76 bits per heavy atom. The number of hydrogen-bond acceptors (Lipinski definition) is 5. The molecule has 2 aromatic carbocycles. The number of hydrogen-bond donors (Lipinski definition) is 2. The molecule has 0 aliphatic heterocycles. The maximum atomic E-state index is 12.2. The number of anilines is 2. The molecule has 2 aromatic rings. The number of ether oxygens (including phenoxy) is 2. The standard InChI is InChI=1S/C22H29N3O3S/c1-5-25(6-2)13-14-28-21(26)17-8-10-18(11-9-17)23-22(29)24-19-15-16(3)7-12-20(19)27-4/h7-12,15H,5-6,13-14H2,1-4H3,(H2,23,24,29). The molecule has 0 amide bonds. The Bertz CT molecular complexity index is 821. The number of aryl methyl sites for hydroxylation is 1. The highest BCUT2D eigenvalue weighted by molar-refractivity contribution is 7.80. The van der Waals surface area contributed by atoms with Crippen molar-refractivity contribution in [3.8, 4) is 5.75 Å². The van der Waals surface area contributed by atoms with E-state index < -0.39 is 0 Å². The van der Waals surface area contributed by atoms with Crippen molar-refractivity contribution in [1.29, 1.82) is 0 Å². The van der Waals surface area contributed by atoms with Crippen molar-refractivity contribution in [1.82, 2.24) is 4.90 Å². The molecule has 0 aliphatic carbocycles. The summed E-state index contributed by atoms with van der Waals surface area (Å²) in [6, 6.07) is 12.9. The van der Waals surface area contributed by atoms with Crippen LogP contribution in [0.1, 0.15) is 29.8 Å². The van der Waals surface area contributed by atoms with Gasteiger partial charge in [-0.25, -0.2) is 4.79 Å². The van der Waals surface area contributed by atoms with Gasteiger partial charge in [-0.2, -0.15) is 0 Å². The number of carbonyl (C=O) groups is 1. The highest BCUT2D eigenvalue weighted by Crippen LogP contribution is 2.25. The number of esters is 1. The molecule has 0 atom stereocenters. The van der Waals surface area contributed by atoms with E-state index in [4.69, 9.17) is 21.7 Å². The Morgan fingerprint density at radius 3 is 2.38 bits per heavy atom. The summed E-state index contributed by atoms with van der Waals surface area (Å²) < 4.78 is 10.7. The SMILES string of the molecule is CCN(CC)CCOC(=O)c1ccc(NC(=S)Nc2cc(C)ccc2OC)cc1. The van der Waals surface area contributed by atoms with E-state index in [1.165, 1.54) is 0 Å². The van der Waals surface area contributed by atoms with Crippen molar-refractivity contribution < 1.29 is 14.3 Å². The fourth-order valence-electron chi connectivity index (χ4n) is 2.78. The number of likely N-dealkylation sites (N-methyl/N-ethyl adjacent to an activating group) is 1. The van der Waals surface area contributed by atoms with Crippen LogP contribution < -0.4 is 15.4 Å². The van der Waals surface area contributed by atoms with Crippen LogP contribution in [0.25, 0.3) is 0 Å². The lowest BCUT2D eigenvalue weighted by Crippen LogP contribution is -2.27. The highest BCUT2D eigenvalue weighted by Gasteiger charge is 2.09. The number of benzene rings is 2. The molecule has 2 N–H and O–H groups in total. The minimum atomic E-state index is -0.325. The molecule has 0 aromatic heterocycles. The second-order valence-electron chi connectivity index (χ2n) is 6.52. The maximum absolute atomic E-state index is 12.2. The molecule has 29 heavy (non-hydrogen) atoms. The summed E-state index contributed by atoms with van der Waals surface area (Å²) in [5.74, 6) is 0.386. The van der Waals surface area contributed by atoms with E-state index in [1.807, 2.05) is 25.1 Å². The summed E-state index contributed by atoms with van der Waals surface area (Å²) in [5.41, 5.74) is 3.17. The zero-order valence-electron chi connectivity index (χ0n) is 17.5. The number of rotatable bonds is 9. The normalized spacial score (nSPS) is 10.5. The van der Waals surface area contributed by atoms with E-state index in [2.05, 4.69) is 29.4 Å². The smallest absolute Gasteiger partial charge is 0.338 e. The van der Waals surface area contributed by atoms with Gasteiger partial charge < -0.3 is 25.0 Å². The summed E-state index contributed by atoms with van der Waals surface area (Å²) in [5, 5.41) is 6.68. The van der Waals surface area contributed by atoms with Crippen molar-refractivity contribution in [3.63, 3.8) is 0 Å². The van der Waals surface area contributed by atoms with Crippen LogP contribution in [0.3, 0.4) is 0 Å². The molecule has 0 unspecified atom stereocenters. The Hall–Kier alpha value is -2.64. The van der Waals surface area contributed by atoms with Crippen LogP contribution in [0.4, 0.5) is 11.4 Å². The predicted molar refractivity (Wildman–Crippen MR) is 122 cm³/mol. The molecule has 2 rings (SSSR count). The molecule has 6 nitrogen and oxygen atoms in total. The Kier molecular flexibility index (Phi) is 8.89. The Labute approximate surface area is 178 Å². The van der Waals surface area contributed by atoms with E-state index in [9.17, 15) is 4.79 Å². The largest absolute Gasteiger partial charge is 0.495 e. The van der Waals surface area contributed by atoms with Gasteiger partial charge in [-0.15, -0.1) is 0 Å². The van der Waals surface area contributed by atoms with Crippen LogP contribution >= 0.6 is 12.2 Å². The third-order valence-electron chi connectivity index (χ3n) is 4.52. The molecule has 0 saturated heterocycles. The number of thiocarbonyl (C=S) groups is 1. The summed E-state index contributed by atoms with van der Waals surface area (Å²) in [4.78, 5) is 14.4. The van der Waals surface area contributed by atoms with Crippen molar-refractivity contribution in [2.75, 3.05) is 44.0 Å². The van der Waals surface area contributed by atoms with Gasteiger partial charge in [0.25, 0.3) is 0 Å². The molecule has 0 bridgehead atoms. The molecule has 0 heterocycles. The summed E-state index contributed by atoms with van der Waals surface area (Å²) >= 11 is 5.38. The monoisotopic (exact) mass is 415 g/mol. The van der Waals surface area contributed by atoms with E-state index >= 15 is 0 Å². The van der Waals surface area contributed by atoms with Crippen LogP contribution in [0.5, 0.6) is 5.75 Å². The molecule has 0 fully saturated rings. The van der Waals surface area contributed by atoms with Gasteiger partial charge in [0.2, 0.25) is 0 Å². The first-order valence-electron chi connectivity index (χ1n) is 9.69. The van der Waals surface area contributed by atoms with Gasteiger partial charge in [0, 0.05) is 12.2 Å². The quantitative estimate of drug-likeness (QED) is 0.467. The van der Waals surface area contributed by atoms with Crippen LogP contribution in [0, 0.1) is 6.92 Å². The van der Waals surface area contributed by atoms with Gasteiger partial charge >= 0.3 is 5.97 Å². The third-order valence-corrected chi connectivity index (χ3v) is 4.72. The molecule has 0 saturated carbocycles. The van der Waals surface area contributed by atoms with E-state index in [1.54, 1.807) is 31.4 Å². The predicted octanol–water partition coefficient (Wildman–Crippen LogP) is 4.31. The lowest BCUT2D eigenvalue weighted by Gasteiger charge is -2.17. The second kappa shape index (κ2) is 11.4. The Balaban J connectivity index is 1.89. The average molecular weight is 416 g/mol.